The highest BCUT2D eigenvalue weighted by Gasteiger charge is 2.22. The quantitative estimate of drug-likeness (QED) is 0.712. The zero-order valence-corrected chi connectivity index (χ0v) is 12.1. The Morgan fingerprint density at radius 1 is 1.00 bits per heavy atom. The van der Waals surface area contributed by atoms with E-state index < -0.39 is 0 Å². The minimum absolute atomic E-state index is 0.158. The molecule has 0 unspecified atom stereocenters. The highest BCUT2D eigenvalue weighted by Crippen LogP contribution is 2.37. The van der Waals surface area contributed by atoms with E-state index in [-0.39, 0.29) is 5.95 Å². The van der Waals surface area contributed by atoms with Gasteiger partial charge in [-0.05, 0) is 37.3 Å². The lowest BCUT2D eigenvalue weighted by molar-refractivity contribution is 0.672. The second kappa shape index (κ2) is 4.91. The molecule has 0 bridgehead atoms. The molecule has 0 spiro atoms. The fraction of sp³-hybridized carbons (Fsp3) is 0.250. The highest BCUT2D eigenvalue weighted by molar-refractivity contribution is 6.01. The Morgan fingerprint density at radius 2 is 1.86 bits per heavy atom. The average Bonchev–Trinajstić information content (AvgIpc) is 2.53. The Bertz CT molecular complexity index is 860. The molecule has 3 aromatic rings. The zero-order valence-electron chi connectivity index (χ0n) is 12.1. The second-order valence-electron chi connectivity index (χ2n) is 5.53. The third-order valence-electron chi connectivity index (χ3n) is 4.12. The van der Waals surface area contributed by atoms with Gasteiger partial charge in [0.2, 0.25) is 5.95 Å². The van der Waals surface area contributed by atoms with E-state index in [2.05, 4.69) is 15.0 Å². The van der Waals surface area contributed by atoms with Crippen LogP contribution in [-0.4, -0.2) is 19.9 Å². The first-order valence-corrected chi connectivity index (χ1v) is 7.39. The van der Waals surface area contributed by atoms with Crippen LogP contribution in [0.5, 0.6) is 0 Å². The standard InChI is InChI=1S/C16H16N6/c17-14-13-12(9-4-3-7-19-8-9)10-5-1-2-6-11(10)20-15(13)22-16(18)21-14/h3-4,7-8H,1-2,5-6H2,(H4,17,18,20,21,22). The van der Waals surface area contributed by atoms with Crippen LogP contribution < -0.4 is 11.5 Å². The monoisotopic (exact) mass is 292 g/mol. The number of aromatic nitrogens is 4. The van der Waals surface area contributed by atoms with E-state index >= 15 is 0 Å². The van der Waals surface area contributed by atoms with Crippen LogP contribution in [0.3, 0.4) is 0 Å². The molecule has 4 N–H and O–H groups in total. The molecule has 0 saturated heterocycles. The number of fused-ring (bicyclic) bond motifs is 2. The predicted molar refractivity (Wildman–Crippen MR) is 86.0 cm³/mol. The van der Waals surface area contributed by atoms with Gasteiger partial charge in [-0.3, -0.25) is 4.98 Å². The van der Waals surface area contributed by atoms with Gasteiger partial charge >= 0.3 is 0 Å². The van der Waals surface area contributed by atoms with E-state index in [0.717, 1.165) is 47.9 Å². The molecule has 0 fully saturated rings. The number of nitrogens with two attached hydrogens (primary N) is 2. The van der Waals surface area contributed by atoms with E-state index in [9.17, 15) is 0 Å². The van der Waals surface area contributed by atoms with Crippen molar-refractivity contribution in [1.82, 2.24) is 19.9 Å². The summed E-state index contributed by atoms with van der Waals surface area (Å²) in [6.45, 7) is 0. The fourth-order valence-electron chi connectivity index (χ4n) is 3.19. The van der Waals surface area contributed by atoms with Crippen molar-refractivity contribution >= 4 is 22.8 Å². The molecule has 1 aliphatic rings. The van der Waals surface area contributed by atoms with Crippen molar-refractivity contribution in [2.24, 2.45) is 0 Å². The smallest absolute Gasteiger partial charge is 0.224 e. The molecule has 0 amide bonds. The topological polar surface area (TPSA) is 104 Å². The summed E-state index contributed by atoms with van der Waals surface area (Å²) in [7, 11) is 0. The van der Waals surface area contributed by atoms with Crippen LogP contribution in [0.1, 0.15) is 24.1 Å². The van der Waals surface area contributed by atoms with Crippen LogP contribution in [0.25, 0.3) is 22.2 Å². The Labute approximate surface area is 127 Å². The molecule has 3 heterocycles. The van der Waals surface area contributed by atoms with E-state index in [4.69, 9.17) is 16.5 Å². The lowest BCUT2D eigenvalue weighted by Crippen LogP contribution is -2.11. The van der Waals surface area contributed by atoms with Gasteiger partial charge in [-0.2, -0.15) is 9.97 Å². The molecule has 22 heavy (non-hydrogen) atoms. The normalized spacial score (nSPS) is 14.0. The fourth-order valence-corrected chi connectivity index (χ4v) is 3.19. The van der Waals surface area contributed by atoms with Gasteiger partial charge in [-0.25, -0.2) is 4.98 Å². The predicted octanol–water partition coefficient (Wildman–Crippen LogP) is 2.13. The van der Waals surface area contributed by atoms with Crippen LogP contribution in [-0.2, 0) is 12.8 Å². The summed E-state index contributed by atoms with van der Waals surface area (Å²) in [6, 6.07) is 3.96. The lowest BCUT2D eigenvalue weighted by atomic mass is 9.88. The number of aryl methyl sites for hydroxylation is 1. The molecule has 3 aromatic heterocycles. The summed E-state index contributed by atoms with van der Waals surface area (Å²) in [5, 5.41) is 0.780. The molecule has 0 saturated carbocycles. The summed E-state index contributed by atoms with van der Waals surface area (Å²) in [5.41, 5.74) is 16.9. The van der Waals surface area contributed by atoms with Crippen molar-refractivity contribution in [1.29, 1.82) is 0 Å². The molecular weight excluding hydrogens is 276 g/mol. The minimum Gasteiger partial charge on any atom is -0.383 e. The molecule has 0 atom stereocenters. The van der Waals surface area contributed by atoms with Crippen LogP contribution in [0.4, 0.5) is 11.8 Å². The van der Waals surface area contributed by atoms with Crippen molar-refractivity contribution < 1.29 is 0 Å². The van der Waals surface area contributed by atoms with E-state index in [1.54, 1.807) is 6.20 Å². The van der Waals surface area contributed by atoms with E-state index in [1.165, 1.54) is 5.56 Å². The van der Waals surface area contributed by atoms with Crippen molar-refractivity contribution in [2.75, 3.05) is 11.5 Å². The molecule has 110 valence electrons. The van der Waals surface area contributed by atoms with Crippen LogP contribution in [0, 0.1) is 0 Å². The van der Waals surface area contributed by atoms with E-state index in [1.807, 2.05) is 18.3 Å². The molecular formula is C16H16N6. The maximum absolute atomic E-state index is 6.14. The van der Waals surface area contributed by atoms with Gasteiger partial charge in [0, 0.05) is 29.2 Å². The van der Waals surface area contributed by atoms with Gasteiger partial charge in [0.25, 0.3) is 0 Å². The molecule has 4 rings (SSSR count). The second-order valence-corrected chi connectivity index (χ2v) is 5.53. The maximum atomic E-state index is 6.14. The number of pyridine rings is 2. The van der Waals surface area contributed by atoms with Crippen molar-refractivity contribution in [2.45, 2.75) is 25.7 Å². The first-order valence-electron chi connectivity index (χ1n) is 7.39. The summed E-state index contributed by atoms with van der Waals surface area (Å²) < 4.78 is 0. The minimum atomic E-state index is 0.158. The van der Waals surface area contributed by atoms with Crippen LogP contribution in [0.2, 0.25) is 0 Å². The molecule has 6 heteroatoms. The zero-order chi connectivity index (χ0) is 15.1. The van der Waals surface area contributed by atoms with Gasteiger partial charge in [0.1, 0.15) is 5.82 Å². The van der Waals surface area contributed by atoms with Crippen LogP contribution in [0.15, 0.2) is 24.5 Å². The largest absolute Gasteiger partial charge is 0.383 e. The van der Waals surface area contributed by atoms with Gasteiger partial charge in [0.05, 0.1) is 5.39 Å². The number of nitrogen functional groups attached to an aromatic ring is 2. The first-order chi connectivity index (χ1) is 10.7. The highest BCUT2D eigenvalue weighted by atomic mass is 15.1. The first kappa shape index (κ1) is 12.9. The summed E-state index contributed by atoms with van der Waals surface area (Å²) in [6.07, 6.45) is 7.86. The summed E-state index contributed by atoms with van der Waals surface area (Å²) in [5.74, 6) is 0.535. The molecule has 0 radical (unpaired) electrons. The number of rotatable bonds is 1. The Kier molecular flexibility index (Phi) is 2.89. The van der Waals surface area contributed by atoms with Crippen molar-refractivity contribution in [3.8, 4) is 11.1 Å². The van der Waals surface area contributed by atoms with Crippen molar-refractivity contribution in [3.05, 3.63) is 35.8 Å². The van der Waals surface area contributed by atoms with Gasteiger partial charge < -0.3 is 11.5 Å². The molecule has 0 aromatic carbocycles. The van der Waals surface area contributed by atoms with Gasteiger partial charge in [-0.1, -0.05) is 6.07 Å². The third kappa shape index (κ3) is 1.95. The Balaban J connectivity index is 2.15. The Hall–Kier alpha value is -2.76. The van der Waals surface area contributed by atoms with Crippen molar-refractivity contribution in [3.63, 3.8) is 0 Å². The maximum Gasteiger partial charge on any atom is 0.224 e. The van der Waals surface area contributed by atoms with Gasteiger partial charge in [-0.15, -0.1) is 0 Å². The van der Waals surface area contributed by atoms with Gasteiger partial charge in [0.15, 0.2) is 5.65 Å². The number of anilines is 2. The lowest BCUT2D eigenvalue weighted by Gasteiger charge is -2.21. The SMILES string of the molecule is Nc1nc(N)c2c(-c3cccnc3)c3c(nc2n1)CCCC3. The number of nitrogens with zero attached hydrogens (tertiary/aromatic N) is 4. The number of hydrogen-bond donors (Lipinski definition) is 2. The summed E-state index contributed by atoms with van der Waals surface area (Å²) in [4.78, 5) is 17.3. The Morgan fingerprint density at radius 3 is 2.68 bits per heavy atom. The third-order valence-corrected chi connectivity index (χ3v) is 4.12. The van der Waals surface area contributed by atoms with E-state index in [0.29, 0.717) is 11.5 Å². The summed E-state index contributed by atoms with van der Waals surface area (Å²) >= 11 is 0. The average molecular weight is 292 g/mol. The molecule has 0 aliphatic heterocycles. The number of hydrogen-bond acceptors (Lipinski definition) is 6. The molecule has 1 aliphatic carbocycles. The van der Waals surface area contributed by atoms with Crippen LogP contribution >= 0.6 is 0 Å². The molecule has 6 nitrogen and oxygen atoms in total.